The normalized spacial score (nSPS) is 19.9. The lowest BCUT2D eigenvalue weighted by atomic mass is 10.2. The van der Waals surface area contributed by atoms with E-state index in [0.29, 0.717) is 30.2 Å². The fourth-order valence-corrected chi connectivity index (χ4v) is 4.00. The molecule has 0 spiro atoms. The van der Waals surface area contributed by atoms with Gasteiger partial charge in [-0.3, -0.25) is 9.59 Å². The average Bonchev–Trinajstić information content (AvgIpc) is 3.44. The fraction of sp³-hybridized carbons (Fsp3) is 0.579. The first-order chi connectivity index (χ1) is 13.6. The molecule has 28 heavy (non-hydrogen) atoms. The third-order valence-electron chi connectivity index (χ3n) is 5.53. The summed E-state index contributed by atoms with van der Waals surface area (Å²) in [5.41, 5.74) is 0.822. The van der Waals surface area contributed by atoms with Crippen LogP contribution in [0.2, 0.25) is 0 Å². The van der Waals surface area contributed by atoms with Crippen LogP contribution in [0.1, 0.15) is 65.2 Å². The number of hydrogen-bond donors (Lipinski definition) is 1. The molecule has 9 nitrogen and oxygen atoms in total. The molecule has 2 aromatic rings. The lowest BCUT2D eigenvalue weighted by Crippen LogP contribution is -2.38. The molecule has 0 radical (unpaired) electrons. The second kappa shape index (κ2) is 8.04. The van der Waals surface area contributed by atoms with Crippen LogP contribution in [0.3, 0.4) is 0 Å². The number of carbonyl (C=O) groups is 2. The highest BCUT2D eigenvalue weighted by atomic mass is 16.2. The number of aromatic nitrogens is 5. The first kappa shape index (κ1) is 18.5. The van der Waals surface area contributed by atoms with Crippen molar-refractivity contribution in [2.45, 2.75) is 64.1 Å². The molecule has 1 N–H and O–H groups in total. The molecule has 4 rings (SSSR count). The highest BCUT2D eigenvalue weighted by molar-refractivity contribution is 5.94. The van der Waals surface area contributed by atoms with Gasteiger partial charge in [-0.15, -0.1) is 5.10 Å². The van der Waals surface area contributed by atoms with Crippen LogP contribution in [0.4, 0.5) is 0 Å². The van der Waals surface area contributed by atoms with Crippen molar-refractivity contribution in [3.63, 3.8) is 0 Å². The van der Waals surface area contributed by atoms with Crippen molar-refractivity contribution in [3.05, 3.63) is 35.7 Å². The minimum atomic E-state index is -0.172. The number of likely N-dealkylation sites (tertiary alicyclic amines) is 1. The maximum absolute atomic E-state index is 12.8. The van der Waals surface area contributed by atoms with Gasteiger partial charge in [-0.2, -0.15) is 0 Å². The molecule has 1 saturated heterocycles. The van der Waals surface area contributed by atoms with Crippen molar-refractivity contribution in [1.29, 1.82) is 0 Å². The predicted molar refractivity (Wildman–Crippen MR) is 101 cm³/mol. The summed E-state index contributed by atoms with van der Waals surface area (Å²) in [6, 6.07) is 0.263. The summed E-state index contributed by atoms with van der Waals surface area (Å²) in [5.74, 6) is 0.400. The topological polar surface area (TPSA) is 106 Å². The van der Waals surface area contributed by atoms with E-state index in [9.17, 15) is 9.59 Å². The third kappa shape index (κ3) is 4.02. The second-order valence-corrected chi connectivity index (χ2v) is 7.59. The lowest BCUT2D eigenvalue weighted by Gasteiger charge is -2.24. The summed E-state index contributed by atoms with van der Waals surface area (Å²) in [6.45, 7) is 3.00. The molecule has 2 fully saturated rings. The molecule has 1 saturated carbocycles. The largest absolute Gasteiger partial charge is 0.348 e. The maximum Gasteiger partial charge on any atom is 0.273 e. The zero-order valence-corrected chi connectivity index (χ0v) is 16.0. The number of nitrogens with zero attached hydrogens (tertiary/aromatic N) is 6. The smallest absolute Gasteiger partial charge is 0.273 e. The van der Waals surface area contributed by atoms with Crippen LogP contribution < -0.4 is 5.32 Å². The number of nitrogens with one attached hydrogen (secondary N) is 1. The molecule has 0 bridgehead atoms. The van der Waals surface area contributed by atoms with Crippen LogP contribution in [-0.4, -0.2) is 60.3 Å². The van der Waals surface area contributed by atoms with E-state index in [0.717, 1.165) is 38.5 Å². The predicted octanol–water partition coefficient (Wildman–Crippen LogP) is 1.35. The Hall–Kier alpha value is -2.84. The van der Waals surface area contributed by atoms with Gasteiger partial charge in [-0.05, 0) is 32.6 Å². The second-order valence-electron chi connectivity index (χ2n) is 7.59. The number of rotatable bonds is 5. The minimum absolute atomic E-state index is 0.0150. The van der Waals surface area contributed by atoms with E-state index in [2.05, 4.69) is 25.6 Å². The maximum atomic E-state index is 12.8. The Kier molecular flexibility index (Phi) is 5.31. The van der Waals surface area contributed by atoms with Gasteiger partial charge in [-0.1, -0.05) is 18.1 Å². The van der Waals surface area contributed by atoms with Gasteiger partial charge in [0, 0.05) is 25.0 Å². The highest BCUT2D eigenvalue weighted by Gasteiger charge is 2.30. The summed E-state index contributed by atoms with van der Waals surface area (Å²) in [4.78, 5) is 35.2. The van der Waals surface area contributed by atoms with Crippen LogP contribution in [0, 0.1) is 6.92 Å². The van der Waals surface area contributed by atoms with Crippen LogP contribution in [0.25, 0.3) is 0 Å². The van der Waals surface area contributed by atoms with Gasteiger partial charge < -0.3 is 10.2 Å². The van der Waals surface area contributed by atoms with Crippen molar-refractivity contribution in [2.75, 3.05) is 6.54 Å². The first-order valence-corrected chi connectivity index (χ1v) is 9.91. The molecule has 2 aliphatic rings. The lowest BCUT2D eigenvalue weighted by molar-refractivity contribution is 0.0719. The SMILES string of the molecule is Cc1ncc(C(=O)N2CCC[C@H]2Cn2cc(C(=O)NC3CCCC3)nn2)cn1. The Balaban J connectivity index is 1.39. The van der Waals surface area contributed by atoms with Crippen molar-refractivity contribution in [2.24, 2.45) is 0 Å². The van der Waals surface area contributed by atoms with E-state index < -0.39 is 0 Å². The van der Waals surface area contributed by atoms with Crippen LogP contribution in [-0.2, 0) is 6.54 Å². The molecule has 0 aromatic carbocycles. The number of carbonyl (C=O) groups excluding carboxylic acids is 2. The number of aryl methyl sites for hydroxylation is 1. The van der Waals surface area contributed by atoms with Crippen LogP contribution >= 0.6 is 0 Å². The molecule has 2 aromatic heterocycles. The highest BCUT2D eigenvalue weighted by Crippen LogP contribution is 2.21. The Morgan fingerprint density at radius 1 is 1.14 bits per heavy atom. The summed E-state index contributed by atoms with van der Waals surface area (Å²) in [7, 11) is 0. The van der Waals surface area contributed by atoms with Gasteiger partial charge in [0.15, 0.2) is 5.69 Å². The van der Waals surface area contributed by atoms with Crippen LogP contribution in [0.5, 0.6) is 0 Å². The summed E-state index contributed by atoms with van der Waals surface area (Å²) >= 11 is 0. The standard InChI is InChI=1S/C19H25N7O2/c1-13-20-9-14(10-21-13)19(28)26-8-4-7-16(26)11-25-12-17(23-24-25)18(27)22-15-5-2-3-6-15/h9-10,12,15-16H,2-8,11H2,1H3,(H,22,27)/t16-/m0/s1. The Labute approximate surface area is 163 Å². The Morgan fingerprint density at radius 2 is 1.89 bits per heavy atom. The molecule has 148 valence electrons. The van der Waals surface area contributed by atoms with Crippen molar-refractivity contribution < 1.29 is 9.59 Å². The number of hydrogen-bond acceptors (Lipinski definition) is 6. The molecular formula is C19H25N7O2. The van der Waals surface area contributed by atoms with E-state index in [4.69, 9.17) is 0 Å². The monoisotopic (exact) mass is 383 g/mol. The van der Waals surface area contributed by atoms with E-state index in [-0.39, 0.29) is 23.9 Å². The Morgan fingerprint density at radius 3 is 2.64 bits per heavy atom. The summed E-state index contributed by atoms with van der Waals surface area (Å²) in [6.07, 6.45) is 11.0. The molecule has 3 heterocycles. The van der Waals surface area contributed by atoms with Crippen LogP contribution in [0.15, 0.2) is 18.6 Å². The summed E-state index contributed by atoms with van der Waals surface area (Å²) < 4.78 is 1.66. The molecule has 1 aliphatic heterocycles. The van der Waals surface area contributed by atoms with Gasteiger partial charge in [0.05, 0.1) is 24.3 Å². The minimum Gasteiger partial charge on any atom is -0.348 e. The molecule has 1 atom stereocenters. The third-order valence-corrected chi connectivity index (χ3v) is 5.53. The van der Waals surface area contributed by atoms with Crippen molar-refractivity contribution >= 4 is 11.8 Å². The van der Waals surface area contributed by atoms with E-state index in [1.165, 1.54) is 0 Å². The van der Waals surface area contributed by atoms with Gasteiger partial charge in [-0.25, -0.2) is 14.6 Å². The molecule has 2 amide bonds. The average molecular weight is 383 g/mol. The number of amides is 2. The first-order valence-electron chi connectivity index (χ1n) is 9.91. The van der Waals surface area contributed by atoms with Crippen molar-refractivity contribution in [1.82, 2.24) is 35.2 Å². The fourth-order valence-electron chi connectivity index (χ4n) is 4.00. The zero-order chi connectivity index (χ0) is 19.5. The zero-order valence-electron chi connectivity index (χ0n) is 16.0. The van der Waals surface area contributed by atoms with Gasteiger partial charge in [0.2, 0.25) is 0 Å². The molecule has 9 heteroatoms. The van der Waals surface area contributed by atoms with Gasteiger partial charge >= 0.3 is 0 Å². The van der Waals surface area contributed by atoms with E-state index >= 15 is 0 Å². The Bertz CT molecular complexity index is 842. The van der Waals surface area contributed by atoms with Gasteiger partial charge in [0.25, 0.3) is 11.8 Å². The van der Waals surface area contributed by atoms with E-state index in [1.807, 2.05) is 4.90 Å². The van der Waals surface area contributed by atoms with Gasteiger partial charge in [0.1, 0.15) is 5.82 Å². The van der Waals surface area contributed by atoms with E-state index in [1.54, 1.807) is 30.2 Å². The molecule has 0 unspecified atom stereocenters. The molecular weight excluding hydrogens is 358 g/mol. The molecule has 1 aliphatic carbocycles. The quantitative estimate of drug-likeness (QED) is 0.835. The summed E-state index contributed by atoms with van der Waals surface area (Å²) in [5, 5.41) is 11.1. The van der Waals surface area contributed by atoms with Crippen molar-refractivity contribution in [3.8, 4) is 0 Å².